The second-order valence-electron chi connectivity index (χ2n) is 6.91. The van der Waals surface area contributed by atoms with Gasteiger partial charge in [0.25, 0.3) is 0 Å². The van der Waals surface area contributed by atoms with Gasteiger partial charge < -0.3 is 4.74 Å². The highest BCUT2D eigenvalue weighted by molar-refractivity contribution is 7.99. The zero-order valence-corrected chi connectivity index (χ0v) is 16.7. The Bertz CT molecular complexity index is 689. The maximum absolute atomic E-state index is 13.0. The summed E-state index contributed by atoms with van der Waals surface area (Å²) in [7, 11) is -1.10. The van der Waals surface area contributed by atoms with Crippen molar-refractivity contribution in [1.29, 1.82) is 0 Å². The smallest absolute Gasteiger partial charge is 0.134 e. The van der Waals surface area contributed by atoms with E-state index in [4.69, 9.17) is 4.74 Å². The van der Waals surface area contributed by atoms with Crippen LogP contribution in [-0.4, -0.2) is 15.1 Å². The third kappa shape index (κ3) is 5.12. The summed E-state index contributed by atoms with van der Waals surface area (Å²) in [5, 5.41) is 0. The fourth-order valence-electron chi connectivity index (χ4n) is 2.19. The van der Waals surface area contributed by atoms with E-state index < -0.39 is 10.8 Å². The molecule has 1 unspecified atom stereocenters. The summed E-state index contributed by atoms with van der Waals surface area (Å²) in [6.45, 7) is 10.0. The van der Waals surface area contributed by atoms with Gasteiger partial charge in [-0.25, -0.2) is 0 Å². The zero-order chi connectivity index (χ0) is 17.7. The van der Waals surface area contributed by atoms with E-state index in [1.54, 1.807) is 11.8 Å². The topological polar surface area (TPSA) is 26.3 Å². The van der Waals surface area contributed by atoms with Crippen molar-refractivity contribution < 1.29 is 8.95 Å². The van der Waals surface area contributed by atoms with Gasteiger partial charge in [0.05, 0.1) is 26.7 Å². The Balaban J connectivity index is 2.38. The first-order valence-corrected chi connectivity index (χ1v) is 10.3. The first-order valence-electron chi connectivity index (χ1n) is 8.17. The normalized spacial score (nSPS) is 13.1. The van der Waals surface area contributed by atoms with Crippen molar-refractivity contribution in [2.24, 2.45) is 0 Å². The summed E-state index contributed by atoms with van der Waals surface area (Å²) >= 11 is 1.70. The molecule has 0 saturated heterocycles. The molecular weight excluding hydrogens is 336 g/mol. The summed E-state index contributed by atoms with van der Waals surface area (Å²) in [6.07, 6.45) is 0.0828. The number of rotatable bonds is 6. The average molecular weight is 363 g/mol. The van der Waals surface area contributed by atoms with Crippen LogP contribution >= 0.6 is 11.8 Å². The molecule has 0 radical (unpaired) electrons. The van der Waals surface area contributed by atoms with E-state index in [1.165, 1.54) is 5.56 Å². The fraction of sp³-hybridized carbons (Fsp3) is 0.400. The Kier molecular flexibility index (Phi) is 6.53. The van der Waals surface area contributed by atoms with Gasteiger partial charge in [-0.1, -0.05) is 36.4 Å². The molecule has 2 aromatic carbocycles. The van der Waals surface area contributed by atoms with Crippen LogP contribution in [0.1, 0.15) is 40.2 Å². The van der Waals surface area contributed by atoms with Crippen molar-refractivity contribution in [2.75, 3.05) is 0 Å². The first-order chi connectivity index (χ1) is 11.3. The maximum atomic E-state index is 13.0. The highest BCUT2D eigenvalue weighted by Crippen LogP contribution is 2.39. The molecule has 0 heterocycles. The lowest BCUT2D eigenvalue weighted by Crippen LogP contribution is -2.22. The molecule has 0 fully saturated rings. The summed E-state index contributed by atoms with van der Waals surface area (Å²) in [6, 6.07) is 16.2. The van der Waals surface area contributed by atoms with Gasteiger partial charge in [-0.05, 0) is 52.3 Å². The molecule has 0 aliphatic rings. The Labute approximate surface area is 152 Å². The highest BCUT2D eigenvalue weighted by atomic mass is 32.2. The van der Waals surface area contributed by atoms with E-state index in [9.17, 15) is 4.21 Å². The van der Waals surface area contributed by atoms with E-state index in [-0.39, 0.29) is 10.9 Å². The SMILES string of the molecule is CC(C)Oc1cccc(S(=O)C(C)(C)C)c1SCc1ccccc1. The van der Waals surface area contributed by atoms with Crippen LogP contribution in [-0.2, 0) is 16.6 Å². The summed E-state index contributed by atoms with van der Waals surface area (Å²) < 4.78 is 18.7. The molecule has 2 aromatic rings. The van der Waals surface area contributed by atoms with E-state index in [2.05, 4.69) is 12.1 Å². The molecule has 0 spiro atoms. The van der Waals surface area contributed by atoms with Crippen LogP contribution in [0, 0.1) is 0 Å². The summed E-state index contributed by atoms with van der Waals surface area (Å²) in [5.41, 5.74) is 1.24. The molecule has 0 aliphatic heterocycles. The monoisotopic (exact) mass is 362 g/mol. The van der Waals surface area contributed by atoms with Gasteiger partial charge in [-0.15, -0.1) is 11.8 Å². The van der Waals surface area contributed by atoms with Crippen LogP contribution in [0.3, 0.4) is 0 Å². The fourth-order valence-corrected chi connectivity index (χ4v) is 4.70. The molecule has 0 amide bonds. The highest BCUT2D eigenvalue weighted by Gasteiger charge is 2.25. The molecule has 1 atom stereocenters. The number of benzene rings is 2. The molecule has 0 bridgehead atoms. The summed E-state index contributed by atoms with van der Waals surface area (Å²) in [4.78, 5) is 1.85. The van der Waals surface area contributed by atoms with Crippen LogP contribution in [0.2, 0.25) is 0 Å². The molecule has 130 valence electrons. The molecule has 0 N–H and O–H groups in total. The van der Waals surface area contributed by atoms with E-state index in [0.717, 1.165) is 21.3 Å². The Morgan fingerprint density at radius 1 is 1.04 bits per heavy atom. The quantitative estimate of drug-likeness (QED) is 0.619. The van der Waals surface area contributed by atoms with Crippen LogP contribution in [0.4, 0.5) is 0 Å². The van der Waals surface area contributed by atoms with Crippen LogP contribution < -0.4 is 4.74 Å². The molecular formula is C20H26O2S2. The standard InChI is InChI=1S/C20H26O2S2/c1-15(2)22-17-12-9-13-18(24(21)20(3,4)5)19(17)23-14-16-10-7-6-8-11-16/h6-13,15H,14H2,1-5H3. The Morgan fingerprint density at radius 2 is 1.71 bits per heavy atom. The van der Waals surface area contributed by atoms with E-state index >= 15 is 0 Å². The lowest BCUT2D eigenvalue weighted by molar-refractivity contribution is 0.235. The second-order valence-corrected chi connectivity index (χ2v) is 10.1. The van der Waals surface area contributed by atoms with Gasteiger partial charge >= 0.3 is 0 Å². The number of hydrogen-bond donors (Lipinski definition) is 0. The van der Waals surface area contributed by atoms with E-state index in [1.807, 2.05) is 71.0 Å². The minimum absolute atomic E-state index is 0.0828. The largest absolute Gasteiger partial charge is 0.490 e. The Hall–Kier alpha value is -1.26. The molecule has 0 aromatic heterocycles. The van der Waals surface area contributed by atoms with Crippen molar-refractivity contribution in [1.82, 2.24) is 0 Å². The summed E-state index contributed by atoms with van der Waals surface area (Å²) in [5.74, 6) is 1.65. The van der Waals surface area contributed by atoms with Crippen molar-refractivity contribution in [3.05, 3.63) is 54.1 Å². The predicted octanol–water partition coefficient (Wildman–Crippen LogP) is 5.67. The maximum Gasteiger partial charge on any atom is 0.134 e. The lowest BCUT2D eigenvalue weighted by Gasteiger charge is -2.22. The van der Waals surface area contributed by atoms with Crippen LogP contribution in [0.15, 0.2) is 58.3 Å². The van der Waals surface area contributed by atoms with E-state index in [0.29, 0.717) is 0 Å². The van der Waals surface area contributed by atoms with Crippen molar-refractivity contribution in [3.8, 4) is 5.75 Å². The number of hydrogen-bond acceptors (Lipinski definition) is 3. The number of ether oxygens (including phenoxy) is 1. The van der Waals surface area contributed by atoms with Gasteiger partial charge in [-0.2, -0.15) is 0 Å². The van der Waals surface area contributed by atoms with Crippen LogP contribution in [0.25, 0.3) is 0 Å². The minimum atomic E-state index is -1.10. The van der Waals surface area contributed by atoms with Crippen LogP contribution in [0.5, 0.6) is 5.75 Å². The molecule has 0 aliphatic carbocycles. The van der Waals surface area contributed by atoms with Gasteiger partial charge in [0.2, 0.25) is 0 Å². The minimum Gasteiger partial charge on any atom is -0.490 e. The van der Waals surface area contributed by atoms with Crippen molar-refractivity contribution in [2.45, 2.75) is 61.0 Å². The van der Waals surface area contributed by atoms with Gasteiger partial charge in [0.1, 0.15) is 5.75 Å². The zero-order valence-electron chi connectivity index (χ0n) is 15.0. The van der Waals surface area contributed by atoms with Gasteiger partial charge in [-0.3, -0.25) is 4.21 Å². The first kappa shape index (κ1) is 19.1. The second kappa shape index (κ2) is 8.21. The average Bonchev–Trinajstić information content (AvgIpc) is 2.52. The van der Waals surface area contributed by atoms with Crippen molar-refractivity contribution in [3.63, 3.8) is 0 Å². The molecule has 4 heteroatoms. The molecule has 0 saturated carbocycles. The predicted molar refractivity (Wildman–Crippen MR) is 104 cm³/mol. The Morgan fingerprint density at radius 3 is 2.29 bits per heavy atom. The van der Waals surface area contributed by atoms with Gasteiger partial charge in [0.15, 0.2) is 0 Å². The van der Waals surface area contributed by atoms with Gasteiger partial charge in [0, 0.05) is 10.5 Å². The molecule has 2 nitrogen and oxygen atoms in total. The molecule has 24 heavy (non-hydrogen) atoms. The third-order valence-electron chi connectivity index (χ3n) is 3.29. The van der Waals surface area contributed by atoms with Crippen molar-refractivity contribution >= 4 is 22.6 Å². The number of thioether (sulfide) groups is 1. The molecule has 2 rings (SSSR count). The lowest BCUT2D eigenvalue weighted by atomic mass is 10.2. The third-order valence-corrected chi connectivity index (χ3v) is 6.46.